The highest BCUT2D eigenvalue weighted by atomic mass is 16.3. The largest absolute Gasteiger partial charge is 0.459 e. The average molecular weight is 257 g/mol. The summed E-state index contributed by atoms with van der Waals surface area (Å²) >= 11 is 0. The minimum Gasteiger partial charge on any atom is -0.459 e. The van der Waals surface area contributed by atoms with Gasteiger partial charge in [0.05, 0.1) is 6.04 Å². The Morgan fingerprint density at radius 2 is 1.95 bits per heavy atom. The van der Waals surface area contributed by atoms with Crippen LogP contribution in [0.15, 0.2) is 28.7 Å². The molecule has 0 spiro atoms. The van der Waals surface area contributed by atoms with E-state index in [0.29, 0.717) is 11.5 Å². The molecular formula is C17H23NO. The monoisotopic (exact) mass is 257 g/mol. The lowest BCUT2D eigenvalue weighted by molar-refractivity contribution is 0.209. The van der Waals surface area contributed by atoms with E-state index in [4.69, 9.17) is 4.42 Å². The van der Waals surface area contributed by atoms with Gasteiger partial charge >= 0.3 is 0 Å². The summed E-state index contributed by atoms with van der Waals surface area (Å²) in [6.07, 6.45) is 5.26. The Labute approximate surface area is 115 Å². The van der Waals surface area contributed by atoms with Crippen molar-refractivity contribution in [3.8, 4) is 0 Å². The van der Waals surface area contributed by atoms with E-state index in [0.717, 1.165) is 11.3 Å². The molecule has 0 aliphatic heterocycles. The van der Waals surface area contributed by atoms with Crippen LogP contribution in [0.4, 0.5) is 0 Å². The van der Waals surface area contributed by atoms with Gasteiger partial charge in [-0.1, -0.05) is 31.4 Å². The molecule has 2 heteroatoms. The fraction of sp³-hybridized carbons (Fsp3) is 0.529. The number of benzene rings is 1. The summed E-state index contributed by atoms with van der Waals surface area (Å²) in [6.45, 7) is 4.51. The first-order chi connectivity index (χ1) is 9.12. The van der Waals surface area contributed by atoms with E-state index < -0.39 is 0 Å². The van der Waals surface area contributed by atoms with Crippen LogP contribution in [0.5, 0.6) is 0 Å². The maximum Gasteiger partial charge on any atom is 0.134 e. The second kappa shape index (κ2) is 4.68. The molecule has 1 aromatic carbocycles. The number of furan rings is 1. The van der Waals surface area contributed by atoms with Crippen LogP contribution in [0, 0.1) is 12.3 Å². The fourth-order valence-electron chi connectivity index (χ4n) is 3.63. The molecule has 1 unspecified atom stereocenters. The van der Waals surface area contributed by atoms with Crippen molar-refractivity contribution in [3.05, 3.63) is 35.6 Å². The van der Waals surface area contributed by atoms with E-state index in [-0.39, 0.29) is 0 Å². The third-order valence-corrected chi connectivity index (χ3v) is 4.71. The van der Waals surface area contributed by atoms with Crippen LogP contribution in [0.1, 0.15) is 50.0 Å². The number of aryl methyl sites for hydroxylation is 1. The zero-order chi connectivity index (χ0) is 13.5. The molecule has 1 fully saturated rings. The van der Waals surface area contributed by atoms with E-state index in [9.17, 15) is 0 Å². The van der Waals surface area contributed by atoms with E-state index >= 15 is 0 Å². The molecule has 1 N–H and O–H groups in total. The second-order valence-corrected chi connectivity index (χ2v) is 6.27. The Morgan fingerprint density at radius 1 is 1.21 bits per heavy atom. The van der Waals surface area contributed by atoms with E-state index in [1.807, 2.05) is 7.05 Å². The van der Waals surface area contributed by atoms with Gasteiger partial charge in [0.15, 0.2) is 0 Å². The Bertz CT molecular complexity index is 578. The third kappa shape index (κ3) is 2.18. The quantitative estimate of drug-likeness (QED) is 0.870. The number of fused-ring (bicyclic) bond motifs is 1. The Balaban J connectivity index is 2.01. The molecule has 3 rings (SSSR count). The van der Waals surface area contributed by atoms with Crippen molar-refractivity contribution in [1.29, 1.82) is 0 Å². The molecule has 0 amide bonds. The summed E-state index contributed by atoms with van der Waals surface area (Å²) in [5, 5.41) is 4.70. The van der Waals surface area contributed by atoms with E-state index in [1.54, 1.807) is 0 Å². The third-order valence-electron chi connectivity index (χ3n) is 4.71. The minimum atomic E-state index is 0.322. The first-order valence-electron chi connectivity index (χ1n) is 7.30. The first-order valence-corrected chi connectivity index (χ1v) is 7.30. The van der Waals surface area contributed by atoms with Crippen LogP contribution < -0.4 is 5.32 Å². The molecule has 2 nitrogen and oxygen atoms in total. The van der Waals surface area contributed by atoms with Gasteiger partial charge in [-0.15, -0.1) is 0 Å². The molecule has 1 aliphatic carbocycles. The maximum absolute atomic E-state index is 6.09. The van der Waals surface area contributed by atoms with Crippen molar-refractivity contribution in [2.45, 2.75) is 45.6 Å². The van der Waals surface area contributed by atoms with Crippen LogP contribution in [-0.4, -0.2) is 7.05 Å². The van der Waals surface area contributed by atoms with Crippen molar-refractivity contribution in [1.82, 2.24) is 5.32 Å². The van der Waals surface area contributed by atoms with Gasteiger partial charge in [-0.2, -0.15) is 0 Å². The lowest BCUT2D eigenvalue weighted by Gasteiger charge is -2.32. The number of rotatable bonds is 3. The molecule has 0 bridgehead atoms. The predicted molar refractivity (Wildman–Crippen MR) is 79.3 cm³/mol. The summed E-state index contributed by atoms with van der Waals surface area (Å²) in [7, 11) is 2.05. The van der Waals surface area contributed by atoms with Crippen LogP contribution in [0.3, 0.4) is 0 Å². The molecule has 2 aromatic rings. The normalized spacial score (nSPS) is 19.9. The Hall–Kier alpha value is -1.28. The summed E-state index contributed by atoms with van der Waals surface area (Å²) in [4.78, 5) is 0. The molecule has 19 heavy (non-hydrogen) atoms. The average Bonchev–Trinajstić information content (AvgIpc) is 2.96. The lowest BCUT2D eigenvalue weighted by Crippen LogP contribution is -2.31. The van der Waals surface area contributed by atoms with Crippen molar-refractivity contribution >= 4 is 11.0 Å². The minimum absolute atomic E-state index is 0.322. The van der Waals surface area contributed by atoms with Gasteiger partial charge < -0.3 is 9.73 Å². The Kier molecular flexibility index (Phi) is 3.14. The lowest BCUT2D eigenvalue weighted by atomic mass is 9.79. The van der Waals surface area contributed by atoms with Gasteiger partial charge in [0.1, 0.15) is 11.3 Å². The van der Waals surface area contributed by atoms with Gasteiger partial charge in [-0.25, -0.2) is 0 Å². The highest BCUT2D eigenvalue weighted by Crippen LogP contribution is 2.47. The van der Waals surface area contributed by atoms with E-state index in [1.165, 1.54) is 36.6 Å². The van der Waals surface area contributed by atoms with Gasteiger partial charge in [-0.3, -0.25) is 0 Å². The number of nitrogens with one attached hydrogen (secondary N) is 1. The molecule has 1 atom stereocenters. The van der Waals surface area contributed by atoms with Crippen LogP contribution >= 0.6 is 0 Å². The topological polar surface area (TPSA) is 25.2 Å². The van der Waals surface area contributed by atoms with E-state index in [2.05, 4.69) is 43.4 Å². The zero-order valence-electron chi connectivity index (χ0n) is 12.1. The fourth-order valence-corrected chi connectivity index (χ4v) is 3.63. The summed E-state index contributed by atoms with van der Waals surface area (Å²) in [5.41, 5.74) is 2.62. The standard InChI is InChI=1S/C17H23NO/c1-12-6-7-14-13(10-12)11-15(19-14)16(18-3)17(2)8-4-5-9-17/h6-7,10-11,16,18H,4-5,8-9H2,1-3H3. The molecule has 1 saturated carbocycles. The van der Waals surface area contributed by atoms with Gasteiger partial charge in [0.2, 0.25) is 0 Å². The highest BCUT2D eigenvalue weighted by Gasteiger charge is 2.38. The maximum atomic E-state index is 6.09. The number of hydrogen-bond acceptors (Lipinski definition) is 2. The summed E-state index contributed by atoms with van der Waals surface area (Å²) < 4.78 is 6.09. The predicted octanol–water partition coefficient (Wildman–Crippen LogP) is 4.58. The van der Waals surface area contributed by atoms with Crippen LogP contribution in [0.2, 0.25) is 0 Å². The Morgan fingerprint density at radius 3 is 2.63 bits per heavy atom. The van der Waals surface area contributed by atoms with Crippen molar-refractivity contribution < 1.29 is 4.42 Å². The second-order valence-electron chi connectivity index (χ2n) is 6.27. The molecule has 0 saturated heterocycles. The van der Waals surface area contributed by atoms with Gasteiger partial charge in [0.25, 0.3) is 0 Å². The molecule has 1 aliphatic rings. The molecule has 102 valence electrons. The van der Waals surface area contributed by atoms with Crippen LogP contribution in [-0.2, 0) is 0 Å². The smallest absolute Gasteiger partial charge is 0.134 e. The summed E-state index contributed by atoms with van der Waals surface area (Å²) in [6, 6.07) is 8.93. The molecule has 1 aromatic heterocycles. The SMILES string of the molecule is CNC(c1cc2cc(C)ccc2o1)C1(C)CCCC1. The molecular weight excluding hydrogens is 234 g/mol. The van der Waals surface area contributed by atoms with Crippen molar-refractivity contribution in [3.63, 3.8) is 0 Å². The zero-order valence-corrected chi connectivity index (χ0v) is 12.1. The first kappa shape index (κ1) is 12.7. The molecule has 1 heterocycles. The van der Waals surface area contributed by atoms with Crippen molar-refractivity contribution in [2.75, 3.05) is 7.05 Å². The van der Waals surface area contributed by atoms with Crippen molar-refractivity contribution in [2.24, 2.45) is 5.41 Å². The van der Waals surface area contributed by atoms with Gasteiger partial charge in [-0.05, 0) is 50.4 Å². The highest BCUT2D eigenvalue weighted by molar-refractivity contribution is 5.78. The summed E-state index contributed by atoms with van der Waals surface area (Å²) in [5.74, 6) is 1.09. The van der Waals surface area contributed by atoms with Crippen LogP contribution in [0.25, 0.3) is 11.0 Å². The molecule has 0 radical (unpaired) electrons. The number of hydrogen-bond donors (Lipinski definition) is 1. The van der Waals surface area contributed by atoms with Gasteiger partial charge in [0, 0.05) is 5.39 Å².